The first-order valence-electron chi connectivity index (χ1n) is 6.03. The van der Waals surface area contributed by atoms with Crippen LogP contribution in [0.15, 0.2) is 42.5 Å². The lowest BCUT2D eigenvalue weighted by Gasteiger charge is -2.09. The first kappa shape index (κ1) is 15.0. The monoisotopic (exact) mass is 307 g/mol. The lowest BCUT2D eigenvalue weighted by atomic mass is 10.1. The first-order chi connectivity index (χ1) is 9.97. The highest BCUT2D eigenvalue weighted by molar-refractivity contribution is 6.34. The predicted molar refractivity (Wildman–Crippen MR) is 77.1 cm³/mol. The Morgan fingerprint density at radius 3 is 2.43 bits per heavy atom. The second-order valence-corrected chi connectivity index (χ2v) is 4.73. The third-order valence-electron chi connectivity index (χ3n) is 2.78. The van der Waals surface area contributed by atoms with Gasteiger partial charge in [-0.3, -0.25) is 4.79 Å². The zero-order chi connectivity index (χ0) is 15.4. The molecule has 2 rings (SSSR count). The van der Waals surface area contributed by atoms with Crippen LogP contribution in [0.5, 0.6) is 0 Å². The molecule has 0 saturated heterocycles. The molecule has 0 heterocycles. The molecule has 2 N–H and O–H groups in total. The van der Waals surface area contributed by atoms with Gasteiger partial charge in [0.2, 0.25) is 5.91 Å². The highest BCUT2D eigenvalue weighted by atomic mass is 35.5. The number of hydrogen-bond donors (Lipinski definition) is 2. The van der Waals surface area contributed by atoms with Crippen molar-refractivity contribution in [2.45, 2.75) is 6.42 Å². The van der Waals surface area contributed by atoms with Gasteiger partial charge in [-0.1, -0.05) is 29.8 Å². The molecule has 2 aromatic rings. The third-order valence-corrected chi connectivity index (χ3v) is 3.09. The highest BCUT2D eigenvalue weighted by Gasteiger charge is 2.16. The van der Waals surface area contributed by atoms with Gasteiger partial charge in [0.25, 0.3) is 0 Å². The standard InChI is InChI=1S/C15H11ClFNO3/c16-11-2-1-3-12(14(11)15(20)21)18-13(19)8-9-4-6-10(17)7-5-9/h1-7H,8H2,(H,18,19)(H,20,21). The number of amides is 1. The number of hydrogen-bond acceptors (Lipinski definition) is 2. The molecule has 0 aromatic heterocycles. The van der Waals surface area contributed by atoms with Crippen LogP contribution >= 0.6 is 11.6 Å². The molecule has 4 nitrogen and oxygen atoms in total. The van der Waals surface area contributed by atoms with Crippen LogP contribution in [0.2, 0.25) is 5.02 Å². The summed E-state index contributed by atoms with van der Waals surface area (Å²) in [5.41, 5.74) is 0.585. The second kappa shape index (κ2) is 6.37. The van der Waals surface area contributed by atoms with E-state index in [2.05, 4.69) is 5.32 Å². The van der Waals surface area contributed by atoms with Crippen molar-refractivity contribution in [3.63, 3.8) is 0 Å². The van der Waals surface area contributed by atoms with Gasteiger partial charge < -0.3 is 10.4 Å². The van der Waals surface area contributed by atoms with E-state index in [-0.39, 0.29) is 28.5 Å². The maximum Gasteiger partial charge on any atom is 0.339 e. The molecular weight excluding hydrogens is 297 g/mol. The molecule has 0 fully saturated rings. The van der Waals surface area contributed by atoms with Gasteiger partial charge in [-0.15, -0.1) is 0 Å². The highest BCUT2D eigenvalue weighted by Crippen LogP contribution is 2.24. The van der Waals surface area contributed by atoms with Crippen molar-refractivity contribution < 1.29 is 19.1 Å². The van der Waals surface area contributed by atoms with E-state index in [4.69, 9.17) is 16.7 Å². The number of anilines is 1. The van der Waals surface area contributed by atoms with Crippen LogP contribution < -0.4 is 5.32 Å². The molecule has 0 radical (unpaired) electrons. The van der Waals surface area contributed by atoms with Crippen molar-refractivity contribution >= 4 is 29.2 Å². The summed E-state index contributed by atoms with van der Waals surface area (Å²) in [4.78, 5) is 23.1. The quantitative estimate of drug-likeness (QED) is 0.910. The molecule has 0 unspecified atom stereocenters. The molecule has 0 aliphatic carbocycles. The van der Waals surface area contributed by atoms with Crippen LogP contribution in [0.1, 0.15) is 15.9 Å². The Morgan fingerprint density at radius 1 is 1.14 bits per heavy atom. The Kier molecular flexibility index (Phi) is 4.55. The minimum absolute atomic E-state index is 0.00581. The van der Waals surface area contributed by atoms with E-state index in [1.165, 1.54) is 36.4 Å². The van der Waals surface area contributed by atoms with E-state index in [0.29, 0.717) is 5.56 Å². The summed E-state index contributed by atoms with van der Waals surface area (Å²) in [6.07, 6.45) is 0.00581. The molecular formula is C15H11ClFNO3. The van der Waals surface area contributed by atoms with Crippen LogP contribution in [0.4, 0.5) is 10.1 Å². The maximum absolute atomic E-state index is 12.8. The van der Waals surface area contributed by atoms with Crippen LogP contribution in [0.25, 0.3) is 0 Å². The normalized spacial score (nSPS) is 10.2. The van der Waals surface area contributed by atoms with E-state index in [1.807, 2.05) is 0 Å². The minimum Gasteiger partial charge on any atom is -0.478 e. The van der Waals surface area contributed by atoms with Gasteiger partial charge in [-0.2, -0.15) is 0 Å². The molecule has 2 aromatic carbocycles. The fraction of sp³-hybridized carbons (Fsp3) is 0.0667. The average molecular weight is 308 g/mol. The Morgan fingerprint density at radius 2 is 1.81 bits per heavy atom. The first-order valence-corrected chi connectivity index (χ1v) is 6.41. The van der Waals surface area contributed by atoms with Gasteiger partial charge >= 0.3 is 5.97 Å². The molecule has 0 aliphatic heterocycles. The van der Waals surface area contributed by atoms with Gasteiger partial charge in [-0.25, -0.2) is 9.18 Å². The van der Waals surface area contributed by atoms with Gasteiger partial charge in [-0.05, 0) is 29.8 Å². The molecule has 0 atom stereocenters. The number of nitrogens with one attached hydrogen (secondary N) is 1. The zero-order valence-corrected chi connectivity index (χ0v) is 11.5. The van der Waals surface area contributed by atoms with Gasteiger partial charge in [0.15, 0.2) is 0 Å². The van der Waals surface area contributed by atoms with E-state index in [0.717, 1.165) is 0 Å². The molecule has 6 heteroatoms. The number of carbonyl (C=O) groups excluding carboxylic acids is 1. The number of aromatic carboxylic acids is 1. The fourth-order valence-electron chi connectivity index (χ4n) is 1.83. The number of rotatable bonds is 4. The number of benzene rings is 2. The summed E-state index contributed by atoms with van der Waals surface area (Å²) in [5.74, 6) is -2.02. The Hall–Kier alpha value is -2.40. The smallest absolute Gasteiger partial charge is 0.339 e. The summed E-state index contributed by atoms with van der Waals surface area (Å²) in [7, 11) is 0. The molecule has 0 bridgehead atoms. The van der Waals surface area contributed by atoms with Crippen molar-refractivity contribution in [1.82, 2.24) is 0 Å². The van der Waals surface area contributed by atoms with Crippen molar-refractivity contribution in [2.24, 2.45) is 0 Å². The molecule has 0 saturated carbocycles. The Bertz CT molecular complexity index is 686. The van der Waals surface area contributed by atoms with Crippen LogP contribution in [0, 0.1) is 5.82 Å². The summed E-state index contributed by atoms with van der Waals surface area (Å²) in [6, 6.07) is 9.92. The SMILES string of the molecule is O=C(Cc1ccc(F)cc1)Nc1cccc(Cl)c1C(=O)O. The zero-order valence-electron chi connectivity index (χ0n) is 10.8. The topological polar surface area (TPSA) is 66.4 Å². The van der Waals surface area contributed by atoms with Gasteiger partial charge in [0.1, 0.15) is 11.4 Å². The number of carboxylic acids is 1. The number of carbonyl (C=O) groups is 2. The molecule has 0 spiro atoms. The van der Waals surface area contributed by atoms with E-state index < -0.39 is 11.9 Å². The lowest BCUT2D eigenvalue weighted by molar-refractivity contribution is -0.115. The van der Waals surface area contributed by atoms with Crippen molar-refractivity contribution in [3.8, 4) is 0 Å². The van der Waals surface area contributed by atoms with E-state index in [1.54, 1.807) is 6.07 Å². The van der Waals surface area contributed by atoms with Gasteiger partial charge in [0, 0.05) is 0 Å². The minimum atomic E-state index is -1.22. The fourth-order valence-corrected chi connectivity index (χ4v) is 2.08. The van der Waals surface area contributed by atoms with Gasteiger partial charge in [0.05, 0.1) is 17.1 Å². The van der Waals surface area contributed by atoms with Crippen LogP contribution in [-0.2, 0) is 11.2 Å². The van der Waals surface area contributed by atoms with E-state index >= 15 is 0 Å². The largest absolute Gasteiger partial charge is 0.478 e. The lowest BCUT2D eigenvalue weighted by Crippen LogP contribution is -2.17. The summed E-state index contributed by atoms with van der Waals surface area (Å²) in [5, 5.41) is 11.6. The summed E-state index contributed by atoms with van der Waals surface area (Å²) >= 11 is 5.81. The number of halogens is 2. The molecule has 0 aliphatic rings. The maximum atomic E-state index is 12.8. The van der Waals surface area contributed by atoms with Crippen molar-refractivity contribution in [1.29, 1.82) is 0 Å². The van der Waals surface area contributed by atoms with E-state index in [9.17, 15) is 14.0 Å². The Labute approximate surface area is 125 Å². The average Bonchev–Trinajstić information content (AvgIpc) is 2.41. The van der Waals surface area contributed by atoms with Crippen molar-refractivity contribution in [3.05, 3.63) is 64.4 Å². The predicted octanol–water partition coefficient (Wildman–Crippen LogP) is 3.36. The Balaban J connectivity index is 2.15. The molecule has 1 amide bonds. The van der Waals surface area contributed by atoms with Crippen LogP contribution in [-0.4, -0.2) is 17.0 Å². The van der Waals surface area contributed by atoms with Crippen LogP contribution in [0.3, 0.4) is 0 Å². The molecule has 21 heavy (non-hydrogen) atoms. The summed E-state index contributed by atoms with van der Waals surface area (Å²) < 4.78 is 12.8. The summed E-state index contributed by atoms with van der Waals surface area (Å²) in [6.45, 7) is 0. The third kappa shape index (κ3) is 3.79. The molecule has 108 valence electrons. The second-order valence-electron chi connectivity index (χ2n) is 4.32. The number of carboxylic acid groups (broad SMARTS) is 1. The van der Waals surface area contributed by atoms with Crippen molar-refractivity contribution in [2.75, 3.05) is 5.32 Å².